The molecule has 6 nitrogen and oxygen atoms in total. The van der Waals surface area contributed by atoms with Gasteiger partial charge >= 0.3 is 0 Å². The number of aliphatic hydroxyl groups excluding tert-OH is 2. The standard InChI is InChI=1S/C29H40O6/c1-3-4-8-21(23-11-13-27-29(15-23)35-19-25(31)17-33-27)9-6-5-7-20(2)22-10-12-26-28(14-22)34-18-24(30)16-32-26/h10-15,20-21,24-25,30-31H,3-9,16-19H2,1-2H3. The molecule has 2 aromatic rings. The van der Waals surface area contributed by atoms with Crippen molar-refractivity contribution in [3.63, 3.8) is 0 Å². The molecule has 0 bridgehead atoms. The van der Waals surface area contributed by atoms with Gasteiger partial charge in [-0.05, 0) is 66.5 Å². The topological polar surface area (TPSA) is 77.4 Å². The van der Waals surface area contributed by atoms with Gasteiger partial charge in [-0.2, -0.15) is 0 Å². The molecular formula is C29H40O6. The van der Waals surface area contributed by atoms with Gasteiger partial charge in [0.15, 0.2) is 23.0 Å². The highest BCUT2D eigenvalue weighted by Gasteiger charge is 2.20. The van der Waals surface area contributed by atoms with Crippen LogP contribution in [0.2, 0.25) is 0 Å². The van der Waals surface area contributed by atoms with Crippen molar-refractivity contribution in [1.82, 2.24) is 0 Å². The largest absolute Gasteiger partial charge is 0.487 e. The predicted molar refractivity (Wildman–Crippen MR) is 136 cm³/mol. The Morgan fingerprint density at radius 2 is 1.17 bits per heavy atom. The average Bonchev–Trinajstić information content (AvgIpc) is 3.18. The van der Waals surface area contributed by atoms with E-state index in [2.05, 4.69) is 38.1 Å². The highest BCUT2D eigenvalue weighted by atomic mass is 16.6. The van der Waals surface area contributed by atoms with Crippen molar-refractivity contribution in [1.29, 1.82) is 0 Å². The van der Waals surface area contributed by atoms with Gasteiger partial charge in [0.1, 0.15) is 38.6 Å². The minimum atomic E-state index is -0.589. The Bertz CT molecular complexity index is 945. The fourth-order valence-corrected chi connectivity index (χ4v) is 4.85. The summed E-state index contributed by atoms with van der Waals surface area (Å²) in [6, 6.07) is 12.4. The van der Waals surface area contributed by atoms with Crippen LogP contribution in [0.25, 0.3) is 0 Å². The van der Waals surface area contributed by atoms with Crippen molar-refractivity contribution in [2.24, 2.45) is 0 Å². The maximum absolute atomic E-state index is 9.83. The highest BCUT2D eigenvalue weighted by molar-refractivity contribution is 5.45. The molecule has 0 aromatic heterocycles. The maximum Gasteiger partial charge on any atom is 0.161 e. The molecule has 2 aliphatic heterocycles. The van der Waals surface area contributed by atoms with E-state index in [4.69, 9.17) is 18.9 Å². The van der Waals surface area contributed by atoms with E-state index in [1.807, 2.05) is 12.1 Å². The van der Waals surface area contributed by atoms with E-state index in [1.54, 1.807) is 0 Å². The number of fused-ring (bicyclic) bond motifs is 2. The molecule has 2 aromatic carbocycles. The summed E-state index contributed by atoms with van der Waals surface area (Å²) in [5.41, 5.74) is 2.55. The van der Waals surface area contributed by atoms with Gasteiger partial charge < -0.3 is 29.2 Å². The monoisotopic (exact) mass is 484 g/mol. The quantitative estimate of drug-likeness (QED) is 0.428. The first-order chi connectivity index (χ1) is 17.0. The molecule has 192 valence electrons. The maximum atomic E-state index is 9.83. The van der Waals surface area contributed by atoms with E-state index in [-0.39, 0.29) is 26.4 Å². The van der Waals surface area contributed by atoms with E-state index in [9.17, 15) is 10.2 Å². The molecule has 0 radical (unpaired) electrons. The summed E-state index contributed by atoms with van der Waals surface area (Å²) in [5.74, 6) is 3.83. The van der Waals surface area contributed by atoms with Crippen LogP contribution >= 0.6 is 0 Å². The predicted octanol–water partition coefficient (Wildman–Crippen LogP) is 5.59. The Balaban J connectivity index is 1.32. The molecule has 35 heavy (non-hydrogen) atoms. The lowest BCUT2D eigenvalue weighted by molar-refractivity contribution is 0.0801. The van der Waals surface area contributed by atoms with Gasteiger partial charge in [-0.1, -0.05) is 51.7 Å². The molecule has 4 unspecified atom stereocenters. The number of hydrogen-bond donors (Lipinski definition) is 2. The SMILES string of the molecule is CCCCC(CCCCC(C)c1ccc2c(c1)OCC(O)CO2)c1ccc2c(c1)OCC(O)CO2. The van der Waals surface area contributed by atoms with E-state index in [0.29, 0.717) is 17.6 Å². The zero-order chi connectivity index (χ0) is 24.6. The summed E-state index contributed by atoms with van der Waals surface area (Å²) in [6.07, 6.45) is 6.98. The van der Waals surface area contributed by atoms with Crippen molar-refractivity contribution in [2.75, 3.05) is 26.4 Å². The third-order valence-corrected chi connectivity index (χ3v) is 7.05. The van der Waals surface area contributed by atoms with Crippen LogP contribution in [0.15, 0.2) is 36.4 Å². The van der Waals surface area contributed by atoms with Crippen molar-refractivity contribution in [3.8, 4) is 23.0 Å². The smallest absolute Gasteiger partial charge is 0.161 e. The van der Waals surface area contributed by atoms with Gasteiger partial charge in [0, 0.05) is 0 Å². The Kier molecular flexibility index (Phi) is 9.16. The van der Waals surface area contributed by atoms with Gasteiger partial charge in [0.25, 0.3) is 0 Å². The molecule has 0 amide bonds. The summed E-state index contributed by atoms with van der Waals surface area (Å²) < 4.78 is 22.9. The van der Waals surface area contributed by atoms with Crippen LogP contribution in [0.5, 0.6) is 23.0 Å². The first kappa shape index (κ1) is 25.6. The molecule has 0 saturated carbocycles. The molecule has 0 spiro atoms. The zero-order valence-corrected chi connectivity index (χ0v) is 21.1. The number of unbranched alkanes of at least 4 members (excludes halogenated alkanes) is 2. The van der Waals surface area contributed by atoms with Crippen LogP contribution in [0.1, 0.15) is 81.8 Å². The molecule has 0 saturated heterocycles. The molecule has 4 rings (SSSR count). The molecular weight excluding hydrogens is 444 g/mol. The molecule has 2 heterocycles. The van der Waals surface area contributed by atoms with E-state index in [1.165, 1.54) is 36.8 Å². The van der Waals surface area contributed by atoms with E-state index < -0.39 is 12.2 Å². The lowest BCUT2D eigenvalue weighted by Crippen LogP contribution is -2.21. The minimum absolute atomic E-state index is 0.268. The minimum Gasteiger partial charge on any atom is -0.487 e. The summed E-state index contributed by atoms with van der Waals surface area (Å²) in [5, 5.41) is 19.6. The van der Waals surface area contributed by atoms with Crippen molar-refractivity contribution in [2.45, 2.75) is 82.8 Å². The van der Waals surface area contributed by atoms with Crippen LogP contribution in [0.4, 0.5) is 0 Å². The lowest BCUT2D eigenvalue weighted by Gasteiger charge is -2.20. The van der Waals surface area contributed by atoms with Gasteiger partial charge in [0.05, 0.1) is 0 Å². The summed E-state index contributed by atoms with van der Waals surface area (Å²) in [4.78, 5) is 0. The fourth-order valence-electron chi connectivity index (χ4n) is 4.85. The third kappa shape index (κ3) is 7.05. The molecule has 6 heteroatoms. The molecule has 0 fully saturated rings. The number of ether oxygens (including phenoxy) is 4. The Labute approximate surface area is 209 Å². The van der Waals surface area contributed by atoms with Gasteiger partial charge in [0.2, 0.25) is 0 Å². The molecule has 0 aliphatic carbocycles. The summed E-state index contributed by atoms with van der Waals surface area (Å²) in [6.45, 7) is 5.59. The Hall–Kier alpha value is -2.44. The fraction of sp³-hybridized carbons (Fsp3) is 0.586. The molecule has 2 N–H and O–H groups in total. The van der Waals surface area contributed by atoms with Crippen molar-refractivity contribution < 1.29 is 29.2 Å². The summed E-state index contributed by atoms with van der Waals surface area (Å²) in [7, 11) is 0. The second kappa shape index (κ2) is 12.5. The van der Waals surface area contributed by atoms with Crippen LogP contribution < -0.4 is 18.9 Å². The van der Waals surface area contributed by atoms with Gasteiger partial charge in [-0.25, -0.2) is 0 Å². The normalized spacial score (nSPS) is 21.0. The van der Waals surface area contributed by atoms with Gasteiger partial charge in [-0.3, -0.25) is 0 Å². The van der Waals surface area contributed by atoms with Crippen LogP contribution in [-0.2, 0) is 0 Å². The van der Waals surface area contributed by atoms with Crippen molar-refractivity contribution >= 4 is 0 Å². The van der Waals surface area contributed by atoms with E-state index >= 15 is 0 Å². The zero-order valence-electron chi connectivity index (χ0n) is 21.1. The number of hydrogen-bond acceptors (Lipinski definition) is 6. The first-order valence-corrected chi connectivity index (χ1v) is 13.2. The van der Waals surface area contributed by atoms with Crippen LogP contribution in [0.3, 0.4) is 0 Å². The Morgan fingerprint density at radius 3 is 1.77 bits per heavy atom. The average molecular weight is 485 g/mol. The highest BCUT2D eigenvalue weighted by Crippen LogP contribution is 2.37. The van der Waals surface area contributed by atoms with Crippen LogP contribution in [0, 0.1) is 0 Å². The number of rotatable bonds is 10. The first-order valence-electron chi connectivity index (χ1n) is 13.2. The lowest BCUT2D eigenvalue weighted by atomic mass is 9.87. The molecule has 2 aliphatic rings. The third-order valence-electron chi connectivity index (χ3n) is 7.05. The second-order valence-corrected chi connectivity index (χ2v) is 9.99. The number of benzene rings is 2. The van der Waals surface area contributed by atoms with E-state index in [0.717, 1.165) is 36.5 Å². The van der Waals surface area contributed by atoms with Crippen molar-refractivity contribution in [3.05, 3.63) is 47.5 Å². The van der Waals surface area contributed by atoms with Gasteiger partial charge in [-0.15, -0.1) is 0 Å². The second-order valence-electron chi connectivity index (χ2n) is 9.99. The Morgan fingerprint density at radius 1 is 0.686 bits per heavy atom. The van der Waals surface area contributed by atoms with Crippen LogP contribution in [-0.4, -0.2) is 48.8 Å². The summed E-state index contributed by atoms with van der Waals surface area (Å²) >= 11 is 0. The molecule has 4 atom stereocenters. The number of aliphatic hydroxyl groups is 2.